The summed E-state index contributed by atoms with van der Waals surface area (Å²) in [5.74, 6) is 0.985. The number of rotatable bonds is 3. The van der Waals surface area contributed by atoms with Crippen LogP contribution in [0.1, 0.15) is 5.56 Å². The lowest BCUT2D eigenvalue weighted by atomic mass is 10.2. The van der Waals surface area contributed by atoms with E-state index in [0.29, 0.717) is 0 Å². The predicted octanol–water partition coefficient (Wildman–Crippen LogP) is 2.38. The summed E-state index contributed by atoms with van der Waals surface area (Å²) in [6, 6.07) is 7.81. The summed E-state index contributed by atoms with van der Waals surface area (Å²) in [6.07, 6.45) is 1.76. The highest BCUT2D eigenvalue weighted by Gasteiger charge is 2.00. The lowest BCUT2D eigenvalue weighted by molar-refractivity contribution is 0.769. The molecule has 0 bridgehead atoms. The predicted molar refractivity (Wildman–Crippen MR) is 69.1 cm³/mol. The molecular weight excluding hydrogens is 268 g/mol. The van der Waals surface area contributed by atoms with E-state index in [0.717, 1.165) is 28.1 Å². The molecule has 0 aliphatic heterocycles. The molecule has 1 aromatic heterocycles. The lowest BCUT2D eigenvalue weighted by Gasteiger charge is -2.07. The lowest BCUT2D eigenvalue weighted by Crippen LogP contribution is -2.04. The van der Waals surface area contributed by atoms with Gasteiger partial charge in [-0.2, -0.15) is 5.10 Å². The maximum atomic E-state index is 5.76. The Hall–Kier alpha value is -1.49. The molecule has 2 aromatic rings. The van der Waals surface area contributed by atoms with Crippen molar-refractivity contribution in [3.8, 4) is 0 Å². The van der Waals surface area contributed by atoms with Crippen molar-refractivity contribution in [2.45, 2.75) is 6.54 Å². The van der Waals surface area contributed by atoms with Gasteiger partial charge in [0.1, 0.15) is 5.82 Å². The Kier molecular flexibility index (Phi) is 3.14. The monoisotopic (exact) mass is 280 g/mol. The zero-order chi connectivity index (χ0) is 11.5. The molecular formula is C11H13BrN4. The number of aryl methyl sites for hydroxylation is 1. The number of aromatic nitrogens is 2. The number of nitrogen functional groups attached to an aromatic ring is 1. The second kappa shape index (κ2) is 4.57. The summed E-state index contributed by atoms with van der Waals surface area (Å²) in [7, 11) is 1.90. The van der Waals surface area contributed by atoms with Crippen LogP contribution in [-0.2, 0) is 13.6 Å². The minimum Gasteiger partial charge on any atom is -0.399 e. The van der Waals surface area contributed by atoms with E-state index in [9.17, 15) is 0 Å². The van der Waals surface area contributed by atoms with Crippen LogP contribution < -0.4 is 11.1 Å². The quantitative estimate of drug-likeness (QED) is 0.849. The van der Waals surface area contributed by atoms with Gasteiger partial charge in [0, 0.05) is 29.8 Å². The highest BCUT2D eigenvalue weighted by molar-refractivity contribution is 9.10. The van der Waals surface area contributed by atoms with Gasteiger partial charge in [-0.3, -0.25) is 4.68 Å². The standard InChI is InChI=1S/C11H13BrN4/c1-16-11(2-3-15-16)14-7-8-4-9(12)6-10(13)5-8/h2-6,14H,7,13H2,1H3. The number of hydrogen-bond acceptors (Lipinski definition) is 3. The average molecular weight is 281 g/mol. The Morgan fingerprint density at radius 3 is 2.88 bits per heavy atom. The Morgan fingerprint density at radius 1 is 1.44 bits per heavy atom. The van der Waals surface area contributed by atoms with Gasteiger partial charge >= 0.3 is 0 Å². The molecule has 2 rings (SSSR count). The van der Waals surface area contributed by atoms with Crippen LogP contribution in [0.15, 0.2) is 34.9 Å². The molecule has 0 spiro atoms. The van der Waals surface area contributed by atoms with Crippen molar-refractivity contribution < 1.29 is 0 Å². The van der Waals surface area contributed by atoms with E-state index in [2.05, 4.69) is 26.3 Å². The molecule has 0 atom stereocenters. The zero-order valence-electron chi connectivity index (χ0n) is 8.94. The Morgan fingerprint density at radius 2 is 2.25 bits per heavy atom. The van der Waals surface area contributed by atoms with Gasteiger partial charge in [-0.25, -0.2) is 0 Å². The van der Waals surface area contributed by atoms with E-state index in [1.165, 1.54) is 0 Å². The van der Waals surface area contributed by atoms with E-state index in [4.69, 9.17) is 5.73 Å². The number of hydrogen-bond donors (Lipinski definition) is 2. The molecule has 84 valence electrons. The molecule has 0 unspecified atom stereocenters. The highest BCUT2D eigenvalue weighted by Crippen LogP contribution is 2.18. The van der Waals surface area contributed by atoms with Crippen LogP contribution in [-0.4, -0.2) is 9.78 Å². The van der Waals surface area contributed by atoms with Crippen LogP contribution in [0.4, 0.5) is 11.5 Å². The number of nitrogens with two attached hydrogens (primary N) is 1. The van der Waals surface area contributed by atoms with Crippen molar-refractivity contribution >= 4 is 27.4 Å². The molecule has 1 aromatic carbocycles. The van der Waals surface area contributed by atoms with Crippen molar-refractivity contribution in [1.82, 2.24) is 9.78 Å². The van der Waals surface area contributed by atoms with Crippen LogP contribution in [0.5, 0.6) is 0 Å². The topological polar surface area (TPSA) is 55.9 Å². The fourth-order valence-corrected chi connectivity index (χ4v) is 2.08. The first kappa shape index (κ1) is 11.0. The highest BCUT2D eigenvalue weighted by atomic mass is 79.9. The van der Waals surface area contributed by atoms with E-state index >= 15 is 0 Å². The number of benzene rings is 1. The minimum absolute atomic E-state index is 0.725. The van der Waals surface area contributed by atoms with Gasteiger partial charge in [-0.1, -0.05) is 15.9 Å². The second-order valence-corrected chi connectivity index (χ2v) is 4.50. The Labute approximate surface area is 103 Å². The summed E-state index contributed by atoms with van der Waals surface area (Å²) >= 11 is 3.42. The average Bonchev–Trinajstić information content (AvgIpc) is 2.59. The summed E-state index contributed by atoms with van der Waals surface area (Å²) in [5.41, 5.74) is 7.66. The zero-order valence-corrected chi connectivity index (χ0v) is 10.5. The maximum absolute atomic E-state index is 5.76. The fraction of sp³-hybridized carbons (Fsp3) is 0.182. The Bertz CT molecular complexity index is 472. The van der Waals surface area contributed by atoms with Gasteiger partial charge in [0.2, 0.25) is 0 Å². The molecule has 0 amide bonds. The van der Waals surface area contributed by atoms with E-state index < -0.39 is 0 Å². The van der Waals surface area contributed by atoms with E-state index in [1.807, 2.05) is 31.3 Å². The van der Waals surface area contributed by atoms with Crippen LogP contribution in [0.25, 0.3) is 0 Å². The third-order valence-electron chi connectivity index (χ3n) is 2.27. The van der Waals surface area contributed by atoms with Crippen LogP contribution in [0, 0.1) is 0 Å². The molecule has 0 radical (unpaired) electrons. The third-order valence-corrected chi connectivity index (χ3v) is 2.73. The van der Waals surface area contributed by atoms with Crippen molar-refractivity contribution in [3.63, 3.8) is 0 Å². The van der Waals surface area contributed by atoms with Crippen molar-refractivity contribution in [1.29, 1.82) is 0 Å². The summed E-state index contributed by atoms with van der Waals surface area (Å²) in [6.45, 7) is 0.725. The number of nitrogens with one attached hydrogen (secondary N) is 1. The molecule has 16 heavy (non-hydrogen) atoms. The first-order valence-electron chi connectivity index (χ1n) is 4.92. The molecule has 1 heterocycles. The number of halogens is 1. The van der Waals surface area contributed by atoms with Gasteiger partial charge in [0.15, 0.2) is 0 Å². The van der Waals surface area contributed by atoms with Gasteiger partial charge < -0.3 is 11.1 Å². The van der Waals surface area contributed by atoms with Crippen LogP contribution in [0.3, 0.4) is 0 Å². The SMILES string of the molecule is Cn1nccc1NCc1cc(N)cc(Br)c1. The van der Waals surface area contributed by atoms with E-state index in [-0.39, 0.29) is 0 Å². The van der Waals surface area contributed by atoms with E-state index in [1.54, 1.807) is 10.9 Å². The molecule has 3 N–H and O–H groups in total. The number of anilines is 2. The fourth-order valence-electron chi connectivity index (χ4n) is 1.52. The van der Waals surface area contributed by atoms with Crippen molar-refractivity contribution in [3.05, 3.63) is 40.5 Å². The smallest absolute Gasteiger partial charge is 0.124 e. The van der Waals surface area contributed by atoms with Gasteiger partial charge in [-0.05, 0) is 23.8 Å². The largest absolute Gasteiger partial charge is 0.399 e. The molecule has 4 nitrogen and oxygen atoms in total. The normalized spacial score (nSPS) is 10.4. The van der Waals surface area contributed by atoms with Gasteiger partial charge in [0.05, 0.1) is 6.20 Å². The molecule has 0 saturated heterocycles. The Balaban J connectivity index is 2.07. The second-order valence-electron chi connectivity index (χ2n) is 3.59. The molecule has 0 aliphatic rings. The van der Waals surface area contributed by atoms with Crippen molar-refractivity contribution in [2.24, 2.45) is 7.05 Å². The summed E-state index contributed by atoms with van der Waals surface area (Å²) in [5, 5.41) is 7.37. The minimum atomic E-state index is 0.725. The maximum Gasteiger partial charge on any atom is 0.124 e. The summed E-state index contributed by atoms with van der Waals surface area (Å²) in [4.78, 5) is 0. The van der Waals surface area contributed by atoms with Crippen molar-refractivity contribution in [2.75, 3.05) is 11.1 Å². The molecule has 0 fully saturated rings. The van der Waals surface area contributed by atoms with Crippen LogP contribution in [0.2, 0.25) is 0 Å². The number of nitrogens with zero attached hydrogens (tertiary/aromatic N) is 2. The summed E-state index contributed by atoms with van der Waals surface area (Å²) < 4.78 is 2.79. The first-order valence-corrected chi connectivity index (χ1v) is 5.71. The first-order chi connectivity index (χ1) is 7.65. The molecule has 0 saturated carbocycles. The molecule has 5 heteroatoms. The molecule has 0 aliphatic carbocycles. The van der Waals surface area contributed by atoms with Gasteiger partial charge in [-0.15, -0.1) is 0 Å². The van der Waals surface area contributed by atoms with Gasteiger partial charge in [0.25, 0.3) is 0 Å². The van der Waals surface area contributed by atoms with Crippen LogP contribution >= 0.6 is 15.9 Å². The third kappa shape index (κ3) is 2.55.